The highest BCUT2D eigenvalue weighted by Gasteiger charge is 2.08. The molecule has 128 valence electrons. The molecule has 0 saturated heterocycles. The Bertz CT molecular complexity index is 814. The maximum Gasteiger partial charge on any atom is 0.131 e. The summed E-state index contributed by atoms with van der Waals surface area (Å²) >= 11 is 0. The lowest BCUT2D eigenvalue weighted by Gasteiger charge is -2.09. The van der Waals surface area contributed by atoms with Crippen LogP contribution in [-0.2, 0) is 12.8 Å². The molecular formula is C24H25F. The molecule has 0 fully saturated rings. The monoisotopic (exact) mass is 332 g/mol. The zero-order chi connectivity index (χ0) is 17.6. The largest absolute Gasteiger partial charge is 0.206 e. The molecular weight excluding hydrogens is 307 g/mol. The van der Waals surface area contributed by atoms with E-state index in [-0.39, 0.29) is 5.82 Å². The van der Waals surface area contributed by atoms with Gasteiger partial charge in [0.15, 0.2) is 0 Å². The molecule has 0 atom stereocenters. The van der Waals surface area contributed by atoms with Crippen molar-refractivity contribution in [3.05, 3.63) is 83.7 Å². The molecule has 0 aliphatic rings. The zero-order valence-corrected chi connectivity index (χ0v) is 15.1. The highest BCUT2D eigenvalue weighted by Crippen LogP contribution is 2.28. The second kappa shape index (κ2) is 8.11. The van der Waals surface area contributed by atoms with Crippen LogP contribution in [0.5, 0.6) is 0 Å². The van der Waals surface area contributed by atoms with Gasteiger partial charge in [0.2, 0.25) is 0 Å². The highest BCUT2D eigenvalue weighted by atomic mass is 19.1. The minimum Gasteiger partial charge on any atom is -0.206 e. The van der Waals surface area contributed by atoms with Crippen LogP contribution < -0.4 is 0 Å². The van der Waals surface area contributed by atoms with E-state index in [1.165, 1.54) is 11.1 Å². The van der Waals surface area contributed by atoms with E-state index in [4.69, 9.17) is 0 Å². The summed E-state index contributed by atoms with van der Waals surface area (Å²) in [5.41, 5.74) is 6.21. The fraction of sp³-hybridized carbons (Fsp3) is 0.250. The Labute approximate surface area is 150 Å². The van der Waals surface area contributed by atoms with E-state index < -0.39 is 0 Å². The molecule has 0 bridgehead atoms. The third-order valence-electron chi connectivity index (χ3n) is 4.60. The lowest BCUT2D eigenvalue weighted by Crippen LogP contribution is -1.89. The van der Waals surface area contributed by atoms with Crippen molar-refractivity contribution in [2.24, 2.45) is 0 Å². The van der Waals surface area contributed by atoms with Gasteiger partial charge in [0.25, 0.3) is 0 Å². The van der Waals surface area contributed by atoms with E-state index in [1.807, 2.05) is 24.3 Å². The van der Waals surface area contributed by atoms with Gasteiger partial charge >= 0.3 is 0 Å². The molecule has 0 aliphatic heterocycles. The molecule has 1 heteroatoms. The van der Waals surface area contributed by atoms with Crippen LogP contribution in [-0.4, -0.2) is 0 Å². The standard InChI is InChI=1S/C24H25F/c1-3-5-18-7-11-20(12-8-18)22-15-16-23(24(25)17-22)21-13-9-19(6-4-2)10-14-21/h7-17H,3-6H2,1-2H3. The van der Waals surface area contributed by atoms with Crippen molar-refractivity contribution in [1.29, 1.82) is 0 Å². The first-order chi connectivity index (χ1) is 12.2. The maximum absolute atomic E-state index is 14.7. The molecule has 0 aromatic heterocycles. The highest BCUT2D eigenvalue weighted by molar-refractivity contribution is 5.71. The van der Waals surface area contributed by atoms with Gasteiger partial charge in [-0.25, -0.2) is 4.39 Å². The number of benzene rings is 3. The molecule has 0 aliphatic carbocycles. The van der Waals surface area contributed by atoms with E-state index in [9.17, 15) is 4.39 Å². The van der Waals surface area contributed by atoms with Crippen molar-refractivity contribution in [3.63, 3.8) is 0 Å². The smallest absolute Gasteiger partial charge is 0.131 e. The Balaban J connectivity index is 1.85. The van der Waals surface area contributed by atoms with Crippen LogP contribution in [0.3, 0.4) is 0 Å². The molecule has 0 radical (unpaired) electrons. The molecule has 0 heterocycles. The van der Waals surface area contributed by atoms with Gasteiger partial charge in [0, 0.05) is 5.56 Å². The van der Waals surface area contributed by atoms with Crippen LogP contribution in [0, 0.1) is 5.82 Å². The van der Waals surface area contributed by atoms with Crippen molar-refractivity contribution >= 4 is 0 Å². The van der Waals surface area contributed by atoms with E-state index in [1.54, 1.807) is 6.07 Å². The first kappa shape index (κ1) is 17.4. The fourth-order valence-electron chi connectivity index (χ4n) is 3.22. The number of hydrogen-bond acceptors (Lipinski definition) is 0. The fourth-order valence-corrected chi connectivity index (χ4v) is 3.22. The van der Waals surface area contributed by atoms with Crippen LogP contribution in [0.1, 0.15) is 37.8 Å². The van der Waals surface area contributed by atoms with Crippen molar-refractivity contribution in [1.82, 2.24) is 0 Å². The average Bonchev–Trinajstić information content (AvgIpc) is 2.64. The normalized spacial score (nSPS) is 10.8. The third-order valence-corrected chi connectivity index (χ3v) is 4.60. The van der Waals surface area contributed by atoms with Gasteiger partial charge in [0.1, 0.15) is 5.82 Å². The Morgan fingerprint density at radius 3 is 1.56 bits per heavy atom. The number of hydrogen-bond donors (Lipinski definition) is 0. The van der Waals surface area contributed by atoms with Crippen LogP contribution in [0.4, 0.5) is 4.39 Å². The topological polar surface area (TPSA) is 0 Å². The second-order valence-electron chi connectivity index (χ2n) is 6.59. The van der Waals surface area contributed by atoms with Gasteiger partial charge in [0.05, 0.1) is 0 Å². The van der Waals surface area contributed by atoms with Crippen molar-refractivity contribution in [3.8, 4) is 22.3 Å². The summed E-state index contributed by atoms with van der Waals surface area (Å²) in [5.74, 6) is -0.168. The summed E-state index contributed by atoms with van der Waals surface area (Å²) in [5, 5.41) is 0. The SMILES string of the molecule is CCCc1ccc(-c2ccc(-c3ccc(CCC)cc3)c(F)c2)cc1. The summed E-state index contributed by atoms with van der Waals surface area (Å²) in [7, 11) is 0. The minimum absolute atomic E-state index is 0.168. The second-order valence-corrected chi connectivity index (χ2v) is 6.59. The van der Waals surface area contributed by atoms with E-state index in [2.05, 4.69) is 50.2 Å². The minimum atomic E-state index is -0.168. The molecule has 0 saturated carbocycles. The molecule has 0 N–H and O–H groups in total. The van der Waals surface area contributed by atoms with Crippen molar-refractivity contribution < 1.29 is 4.39 Å². The van der Waals surface area contributed by atoms with Gasteiger partial charge in [-0.3, -0.25) is 0 Å². The van der Waals surface area contributed by atoms with Crippen LogP contribution >= 0.6 is 0 Å². The van der Waals surface area contributed by atoms with Gasteiger partial charge in [-0.05, 0) is 46.7 Å². The van der Waals surface area contributed by atoms with Crippen LogP contribution in [0.2, 0.25) is 0 Å². The Morgan fingerprint density at radius 2 is 1.08 bits per heavy atom. The Hall–Kier alpha value is -2.41. The zero-order valence-electron chi connectivity index (χ0n) is 15.1. The summed E-state index contributed by atoms with van der Waals surface area (Å²) in [6, 6.07) is 22.2. The number of halogens is 1. The summed E-state index contributed by atoms with van der Waals surface area (Å²) < 4.78 is 14.7. The summed E-state index contributed by atoms with van der Waals surface area (Å²) in [6.45, 7) is 4.35. The molecule has 0 nitrogen and oxygen atoms in total. The van der Waals surface area contributed by atoms with Gasteiger partial charge < -0.3 is 0 Å². The molecule has 3 rings (SSSR count). The number of rotatable bonds is 6. The quantitative estimate of drug-likeness (QED) is 0.453. The van der Waals surface area contributed by atoms with Crippen molar-refractivity contribution in [2.75, 3.05) is 0 Å². The predicted molar refractivity (Wildman–Crippen MR) is 105 cm³/mol. The molecule has 0 unspecified atom stereocenters. The molecule has 0 spiro atoms. The molecule has 25 heavy (non-hydrogen) atoms. The van der Waals surface area contributed by atoms with Crippen LogP contribution in [0.25, 0.3) is 22.3 Å². The Kier molecular flexibility index (Phi) is 5.65. The number of aryl methyl sites for hydroxylation is 2. The van der Waals surface area contributed by atoms with Crippen LogP contribution in [0.15, 0.2) is 66.7 Å². The van der Waals surface area contributed by atoms with E-state index in [0.717, 1.165) is 42.4 Å². The maximum atomic E-state index is 14.7. The van der Waals surface area contributed by atoms with Crippen molar-refractivity contribution in [2.45, 2.75) is 39.5 Å². The molecule has 0 amide bonds. The molecule has 3 aromatic rings. The lowest BCUT2D eigenvalue weighted by molar-refractivity contribution is 0.632. The van der Waals surface area contributed by atoms with Gasteiger partial charge in [-0.2, -0.15) is 0 Å². The first-order valence-corrected chi connectivity index (χ1v) is 9.19. The van der Waals surface area contributed by atoms with Gasteiger partial charge in [-0.1, -0.05) is 87.4 Å². The summed E-state index contributed by atoms with van der Waals surface area (Å²) in [4.78, 5) is 0. The van der Waals surface area contributed by atoms with E-state index >= 15 is 0 Å². The summed E-state index contributed by atoms with van der Waals surface area (Å²) in [6.07, 6.45) is 4.41. The first-order valence-electron chi connectivity index (χ1n) is 9.19. The predicted octanol–water partition coefficient (Wildman–Crippen LogP) is 7.06. The average molecular weight is 332 g/mol. The van der Waals surface area contributed by atoms with E-state index in [0.29, 0.717) is 5.56 Å². The third kappa shape index (κ3) is 4.17. The lowest BCUT2D eigenvalue weighted by atomic mass is 9.97. The van der Waals surface area contributed by atoms with Gasteiger partial charge in [-0.15, -0.1) is 0 Å². The molecule has 3 aromatic carbocycles. The Morgan fingerprint density at radius 1 is 0.600 bits per heavy atom.